The minimum Gasteiger partial charge on any atom is -0.499 e. The monoisotopic (exact) mass is 546 g/mol. The molecule has 0 amide bonds. The number of ether oxygens (including phenoxy) is 11. The molecule has 0 aliphatic rings. The summed E-state index contributed by atoms with van der Waals surface area (Å²) in [5.74, 6) is 0.499. The van der Waals surface area contributed by atoms with Crippen LogP contribution in [0.25, 0.3) is 0 Å². The van der Waals surface area contributed by atoms with Gasteiger partial charge in [-0.05, 0) is 0 Å². The van der Waals surface area contributed by atoms with Gasteiger partial charge < -0.3 is 52.1 Å². The van der Waals surface area contributed by atoms with Gasteiger partial charge in [-0.25, -0.2) is 0 Å². The van der Waals surface area contributed by atoms with E-state index in [-0.39, 0.29) is 0 Å². The van der Waals surface area contributed by atoms with Gasteiger partial charge in [-0.2, -0.15) is 0 Å². The van der Waals surface area contributed by atoms with Crippen LogP contribution in [0, 0.1) is 0 Å². The Kier molecular flexibility index (Phi) is 33.9. The van der Waals surface area contributed by atoms with E-state index in [1.807, 2.05) is 0 Å². The van der Waals surface area contributed by atoms with Crippen LogP contribution >= 0.6 is 11.6 Å². The van der Waals surface area contributed by atoms with Crippen molar-refractivity contribution in [2.45, 2.75) is 0 Å². The summed E-state index contributed by atoms with van der Waals surface area (Å²) in [4.78, 5) is 0. The molecule has 0 saturated carbocycles. The van der Waals surface area contributed by atoms with Crippen molar-refractivity contribution in [2.75, 3.05) is 145 Å². The zero-order chi connectivity index (χ0) is 26.0. The minimum absolute atomic E-state index is 0.499. The molecule has 0 spiro atoms. The van der Waals surface area contributed by atoms with E-state index >= 15 is 0 Å². The third-order valence-electron chi connectivity index (χ3n) is 4.03. The third kappa shape index (κ3) is 33.4. The molecule has 0 saturated heterocycles. The first-order valence-corrected chi connectivity index (χ1v) is 13.0. The second kappa shape index (κ2) is 34.4. The van der Waals surface area contributed by atoms with E-state index in [2.05, 4.69) is 6.58 Å². The molecule has 0 atom stereocenters. The van der Waals surface area contributed by atoms with Crippen LogP contribution in [0.1, 0.15) is 0 Å². The van der Waals surface area contributed by atoms with E-state index in [4.69, 9.17) is 63.7 Å². The first kappa shape index (κ1) is 35.4. The molecule has 0 aromatic heterocycles. The molecule has 0 aliphatic heterocycles. The summed E-state index contributed by atoms with van der Waals surface area (Å²) < 4.78 is 58.7. The predicted molar refractivity (Wildman–Crippen MR) is 135 cm³/mol. The van der Waals surface area contributed by atoms with Crippen LogP contribution in [-0.2, 0) is 52.1 Å². The number of alkyl halides is 1. The van der Waals surface area contributed by atoms with Crippen LogP contribution in [-0.4, -0.2) is 145 Å². The molecule has 216 valence electrons. The van der Waals surface area contributed by atoms with Crippen LogP contribution in [0.4, 0.5) is 0 Å². The van der Waals surface area contributed by atoms with Crippen molar-refractivity contribution in [1.82, 2.24) is 0 Å². The Morgan fingerprint density at radius 3 is 0.722 bits per heavy atom. The highest BCUT2D eigenvalue weighted by atomic mass is 35.5. The normalized spacial score (nSPS) is 11.2. The fourth-order valence-electron chi connectivity index (χ4n) is 2.33. The Hall–Kier alpha value is -0.570. The predicted octanol–water partition coefficient (Wildman–Crippen LogP) is 1.55. The van der Waals surface area contributed by atoms with E-state index in [0.29, 0.717) is 145 Å². The van der Waals surface area contributed by atoms with Crippen molar-refractivity contribution in [2.24, 2.45) is 0 Å². The number of rotatable bonds is 33. The van der Waals surface area contributed by atoms with Crippen molar-refractivity contribution in [3.63, 3.8) is 0 Å². The second-order valence-corrected chi connectivity index (χ2v) is 7.23. The third-order valence-corrected chi connectivity index (χ3v) is 4.19. The Bertz CT molecular complexity index is 408. The van der Waals surface area contributed by atoms with Gasteiger partial charge in [0.2, 0.25) is 0 Å². The fourth-order valence-corrected chi connectivity index (χ4v) is 2.44. The molecule has 36 heavy (non-hydrogen) atoms. The molecular weight excluding hydrogens is 500 g/mol. The summed E-state index contributed by atoms with van der Waals surface area (Å²) in [7, 11) is 0. The van der Waals surface area contributed by atoms with E-state index < -0.39 is 0 Å². The standard InChI is InChI=1S/C24H47ClO11/c1-2-26-5-6-28-9-10-30-13-14-32-17-18-34-21-22-36-24-23-35-20-19-33-16-15-31-12-11-29-8-7-27-4-3-25/h2H,1,3-24H2. The van der Waals surface area contributed by atoms with E-state index in [1.165, 1.54) is 6.26 Å². The molecule has 11 nitrogen and oxygen atoms in total. The molecule has 12 heteroatoms. The van der Waals surface area contributed by atoms with Crippen LogP contribution < -0.4 is 0 Å². The molecule has 0 fully saturated rings. The van der Waals surface area contributed by atoms with Crippen molar-refractivity contribution >= 4 is 11.6 Å². The first-order valence-electron chi connectivity index (χ1n) is 12.5. The summed E-state index contributed by atoms with van der Waals surface area (Å²) in [5.41, 5.74) is 0. The van der Waals surface area contributed by atoms with Gasteiger partial charge in [-0.1, -0.05) is 6.58 Å². The topological polar surface area (TPSA) is 102 Å². The minimum atomic E-state index is 0.499. The smallest absolute Gasteiger partial charge is 0.111 e. The Balaban J connectivity index is 3.00. The largest absolute Gasteiger partial charge is 0.499 e. The highest BCUT2D eigenvalue weighted by Gasteiger charge is 1.96. The van der Waals surface area contributed by atoms with Gasteiger partial charge >= 0.3 is 0 Å². The van der Waals surface area contributed by atoms with Crippen LogP contribution in [0.3, 0.4) is 0 Å². The maximum absolute atomic E-state index is 5.50. The quantitative estimate of drug-likeness (QED) is 0.0680. The average molecular weight is 547 g/mol. The van der Waals surface area contributed by atoms with Crippen LogP contribution in [0.2, 0.25) is 0 Å². The molecule has 0 radical (unpaired) electrons. The van der Waals surface area contributed by atoms with Gasteiger partial charge in [0.05, 0.1) is 138 Å². The summed E-state index contributed by atoms with van der Waals surface area (Å²) in [6, 6.07) is 0. The molecule has 0 rings (SSSR count). The van der Waals surface area contributed by atoms with Crippen molar-refractivity contribution < 1.29 is 52.1 Å². The maximum atomic E-state index is 5.50. The second-order valence-electron chi connectivity index (χ2n) is 6.85. The van der Waals surface area contributed by atoms with Gasteiger partial charge in [-0.15, -0.1) is 11.6 Å². The van der Waals surface area contributed by atoms with Gasteiger partial charge in [0.15, 0.2) is 0 Å². The summed E-state index contributed by atoms with van der Waals surface area (Å²) >= 11 is 5.50. The zero-order valence-electron chi connectivity index (χ0n) is 21.7. The van der Waals surface area contributed by atoms with Gasteiger partial charge in [0.25, 0.3) is 0 Å². The summed E-state index contributed by atoms with van der Waals surface area (Å²) in [6.07, 6.45) is 1.40. The molecular formula is C24H47ClO11. The summed E-state index contributed by atoms with van der Waals surface area (Å²) in [6.45, 7) is 14.5. The SMILES string of the molecule is C=COCCOCCOCCOCCOCCOCCOCCOCCOCCOCCOCCCl. The summed E-state index contributed by atoms with van der Waals surface area (Å²) in [5, 5.41) is 0. The average Bonchev–Trinajstić information content (AvgIpc) is 2.89. The van der Waals surface area contributed by atoms with E-state index in [9.17, 15) is 0 Å². The number of hydrogen-bond acceptors (Lipinski definition) is 11. The molecule has 0 bridgehead atoms. The Labute approximate surface area is 221 Å². The highest BCUT2D eigenvalue weighted by Crippen LogP contribution is 1.87. The Morgan fingerprint density at radius 2 is 0.528 bits per heavy atom. The van der Waals surface area contributed by atoms with Crippen molar-refractivity contribution in [3.8, 4) is 0 Å². The van der Waals surface area contributed by atoms with E-state index in [1.54, 1.807) is 0 Å². The van der Waals surface area contributed by atoms with Crippen molar-refractivity contribution in [1.29, 1.82) is 0 Å². The first-order chi connectivity index (χ1) is 17.9. The number of halogens is 1. The molecule has 0 heterocycles. The Morgan fingerprint density at radius 1 is 0.333 bits per heavy atom. The van der Waals surface area contributed by atoms with Gasteiger partial charge in [0, 0.05) is 5.88 Å². The lowest BCUT2D eigenvalue weighted by Crippen LogP contribution is -2.15. The lowest BCUT2D eigenvalue weighted by Gasteiger charge is -2.09. The van der Waals surface area contributed by atoms with Crippen LogP contribution in [0.5, 0.6) is 0 Å². The van der Waals surface area contributed by atoms with E-state index in [0.717, 1.165) is 0 Å². The fraction of sp³-hybridized carbons (Fsp3) is 0.917. The number of hydrogen-bond donors (Lipinski definition) is 0. The molecule has 0 N–H and O–H groups in total. The lowest BCUT2D eigenvalue weighted by atomic mass is 10.6. The van der Waals surface area contributed by atoms with Gasteiger partial charge in [-0.3, -0.25) is 0 Å². The highest BCUT2D eigenvalue weighted by molar-refractivity contribution is 6.17. The molecule has 0 aromatic carbocycles. The maximum Gasteiger partial charge on any atom is 0.111 e. The van der Waals surface area contributed by atoms with Crippen molar-refractivity contribution in [3.05, 3.63) is 12.8 Å². The van der Waals surface area contributed by atoms with Crippen LogP contribution in [0.15, 0.2) is 12.8 Å². The lowest BCUT2D eigenvalue weighted by molar-refractivity contribution is -0.0267. The molecule has 0 unspecified atom stereocenters. The molecule has 0 aromatic rings. The zero-order valence-corrected chi connectivity index (χ0v) is 22.5. The molecule has 0 aliphatic carbocycles. The van der Waals surface area contributed by atoms with Gasteiger partial charge in [0.1, 0.15) is 6.61 Å².